The molecule has 0 saturated carbocycles. The lowest BCUT2D eigenvalue weighted by atomic mass is 9.86. The molecule has 0 radical (unpaired) electrons. The van der Waals surface area contributed by atoms with Crippen molar-refractivity contribution in [1.29, 1.82) is 0 Å². The van der Waals surface area contributed by atoms with E-state index in [2.05, 4.69) is 0 Å². The van der Waals surface area contributed by atoms with Gasteiger partial charge in [-0.25, -0.2) is 17.6 Å². The van der Waals surface area contributed by atoms with Gasteiger partial charge >= 0.3 is 0 Å². The molecule has 0 N–H and O–H groups in total. The second-order valence-corrected chi connectivity index (χ2v) is 7.50. The number of nitrogens with zero attached hydrogens (tertiary/aromatic N) is 1. The topological polar surface area (TPSA) is 22.0 Å². The highest BCUT2D eigenvalue weighted by Gasteiger charge is 2.26. The maximum absolute atomic E-state index is 14.3. The summed E-state index contributed by atoms with van der Waals surface area (Å²) in [4.78, 5) is 13.4. The molecule has 0 fully saturated rings. The molecule has 0 spiro atoms. The number of hydrogen-bond acceptors (Lipinski definition) is 1. The van der Waals surface area contributed by atoms with Gasteiger partial charge in [-0.3, -0.25) is 4.79 Å². The lowest BCUT2D eigenvalue weighted by Gasteiger charge is -2.17. The molecule has 162 valence electrons. The van der Waals surface area contributed by atoms with Gasteiger partial charge in [-0.2, -0.15) is 0 Å². The van der Waals surface area contributed by atoms with E-state index in [-0.39, 0.29) is 35.4 Å². The fourth-order valence-electron chi connectivity index (χ4n) is 3.73. The average molecular weight is 437 g/mol. The highest BCUT2D eigenvalue weighted by molar-refractivity contribution is 6.01. The van der Waals surface area contributed by atoms with Crippen molar-refractivity contribution in [3.05, 3.63) is 131 Å². The molecule has 1 heterocycles. The first kappa shape index (κ1) is 21.6. The lowest BCUT2D eigenvalue weighted by Crippen LogP contribution is -2.17. The third-order valence-electron chi connectivity index (χ3n) is 5.43. The molecule has 4 rings (SSSR count). The minimum absolute atomic E-state index is 0.0935. The smallest absolute Gasteiger partial charge is 0.172 e. The summed E-state index contributed by atoms with van der Waals surface area (Å²) in [5.41, 5.74) is 0.623. The Kier molecular flexibility index (Phi) is 6.21. The zero-order valence-electron chi connectivity index (χ0n) is 16.9. The summed E-state index contributed by atoms with van der Waals surface area (Å²) in [6.45, 7) is -0.0935. The maximum Gasteiger partial charge on any atom is 0.172 e. The van der Waals surface area contributed by atoms with Crippen LogP contribution in [0.15, 0.2) is 85.2 Å². The van der Waals surface area contributed by atoms with Crippen molar-refractivity contribution in [3.63, 3.8) is 0 Å². The normalized spacial score (nSPS) is 12.0. The van der Waals surface area contributed by atoms with Crippen LogP contribution in [-0.2, 0) is 13.0 Å². The van der Waals surface area contributed by atoms with Gasteiger partial charge in [-0.1, -0.05) is 42.5 Å². The molecule has 32 heavy (non-hydrogen) atoms. The number of halogens is 4. The quantitative estimate of drug-likeness (QED) is 0.246. The van der Waals surface area contributed by atoms with E-state index in [1.165, 1.54) is 41.1 Å². The van der Waals surface area contributed by atoms with Crippen molar-refractivity contribution in [2.24, 2.45) is 0 Å². The molecule has 0 amide bonds. The summed E-state index contributed by atoms with van der Waals surface area (Å²) in [5.74, 6) is -3.96. The van der Waals surface area contributed by atoms with Gasteiger partial charge in [-0.05, 0) is 42.3 Å². The molecule has 0 aliphatic carbocycles. The summed E-state index contributed by atoms with van der Waals surface area (Å²) < 4.78 is 58.0. The van der Waals surface area contributed by atoms with Gasteiger partial charge in [0.15, 0.2) is 5.78 Å². The van der Waals surface area contributed by atoms with Crippen LogP contribution < -0.4 is 0 Å². The van der Waals surface area contributed by atoms with E-state index in [1.54, 1.807) is 36.5 Å². The molecule has 3 aromatic carbocycles. The summed E-state index contributed by atoms with van der Waals surface area (Å²) in [5, 5.41) is 0. The standard InChI is InChI=1S/C26H19F4NO/c27-22-8-4-9-23(28)20(22)14-19(17-6-2-1-3-7-17)26(32)18-12-13-31(15-18)16-21-24(29)10-5-11-25(21)30/h1-13,15,19H,14,16H2. The molecule has 0 saturated heterocycles. The Morgan fingerprint density at radius 3 is 1.88 bits per heavy atom. The van der Waals surface area contributed by atoms with Crippen molar-refractivity contribution in [2.45, 2.75) is 18.9 Å². The Morgan fingerprint density at radius 1 is 0.719 bits per heavy atom. The number of benzene rings is 3. The van der Waals surface area contributed by atoms with E-state index in [1.807, 2.05) is 0 Å². The average Bonchev–Trinajstić information content (AvgIpc) is 3.25. The van der Waals surface area contributed by atoms with E-state index in [0.717, 1.165) is 12.1 Å². The minimum Gasteiger partial charge on any atom is -0.349 e. The number of ketones is 1. The first-order valence-electron chi connectivity index (χ1n) is 10.0. The van der Waals surface area contributed by atoms with Crippen LogP contribution in [0, 0.1) is 23.3 Å². The van der Waals surface area contributed by atoms with Crippen molar-refractivity contribution in [3.8, 4) is 0 Å². The van der Waals surface area contributed by atoms with E-state index in [9.17, 15) is 22.4 Å². The van der Waals surface area contributed by atoms with Gasteiger partial charge in [0.05, 0.1) is 12.5 Å². The zero-order valence-corrected chi connectivity index (χ0v) is 16.9. The van der Waals surface area contributed by atoms with Crippen LogP contribution in [0.4, 0.5) is 17.6 Å². The van der Waals surface area contributed by atoms with Crippen molar-refractivity contribution < 1.29 is 22.4 Å². The van der Waals surface area contributed by atoms with Crippen molar-refractivity contribution in [2.75, 3.05) is 0 Å². The Labute approximate surface area is 182 Å². The van der Waals surface area contributed by atoms with Crippen LogP contribution >= 0.6 is 0 Å². The van der Waals surface area contributed by atoms with Crippen molar-refractivity contribution >= 4 is 5.78 Å². The highest BCUT2D eigenvalue weighted by Crippen LogP contribution is 2.28. The van der Waals surface area contributed by atoms with Crippen LogP contribution in [0.25, 0.3) is 0 Å². The van der Waals surface area contributed by atoms with Gasteiger partial charge in [0.2, 0.25) is 0 Å². The lowest BCUT2D eigenvalue weighted by molar-refractivity contribution is 0.0958. The predicted octanol–water partition coefficient (Wildman–Crippen LogP) is 6.30. The summed E-state index contributed by atoms with van der Waals surface area (Å²) >= 11 is 0. The van der Waals surface area contributed by atoms with Crippen LogP contribution in [0.3, 0.4) is 0 Å². The third-order valence-corrected chi connectivity index (χ3v) is 5.43. The minimum atomic E-state index is -0.830. The summed E-state index contributed by atoms with van der Waals surface area (Å²) in [7, 11) is 0. The monoisotopic (exact) mass is 437 g/mol. The molecule has 1 unspecified atom stereocenters. The predicted molar refractivity (Wildman–Crippen MR) is 113 cm³/mol. The first-order chi connectivity index (χ1) is 15.4. The largest absolute Gasteiger partial charge is 0.349 e. The second-order valence-electron chi connectivity index (χ2n) is 7.50. The van der Waals surface area contributed by atoms with Gasteiger partial charge in [-0.15, -0.1) is 0 Å². The summed E-state index contributed by atoms with van der Waals surface area (Å²) in [6.07, 6.45) is 2.88. The molecule has 0 aliphatic heterocycles. The molecule has 6 heteroatoms. The van der Waals surface area contributed by atoms with Crippen LogP contribution in [0.5, 0.6) is 0 Å². The zero-order chi connectivity index (χ0) is 22.7. The van der Waals surface area contributed by atoms with E-state index in [0.29, 0.717) is 5.56 Å². The van der Waals surface area contributed by atoms with Gasteiger partial charge in [0.25, 0.3) is 0 Å². The van der Waals surface area contributed by atoms with Gasteiger partial charge in [0.1, 0.15) is 23.3 Å². The maximum atomic E-state index is 14.3. The molecule has 4 aromatic rings. The van der Waals surface area contributed by atoms with Gasteiger partial charge < -0.3 is 4.57 Å². The van der Waals surface area contributed by atoms with E-state index < -0.39 is 29.2 Å². The number of carbonyl (C=O) groups is 1. The van der Waals surface area contributed by atoms with Crippen LogP contribution in [-0.4, -0.2) is 10.4 Å². The molecule has 0 aliphatic rings. The molecule has 1 aromatic heterocycles. The van der Waals surface area contributed by atoms with Gasteiger partial charge in [0, 0.05) is 29.1 Å². The Bertz CT molecular complexity index is 1210. The number of rotatable bonds is 7. The number of hydrogen-bond donors (Lipinski definition) is 0. The third kappa shape index (κ3) is 4.49. The Morgan fingerprint density at radius 2 is 1.28 bits per heavy atom. The number of aromatic nitrogens is 1. The summed E-state index contributed by atoms with van der Waals surface area (Å²) in [6, 6.07) is 17.5. The number of Topliss-reactive ketones (excluding diaryl/α,β-unsaturated/α-hetero) is 1. The molecule has 0 bridgehead atoms. The fourth-order valence-corrected chi connectivity index (χ4v) is 3.73. The molecule has 2 nitrogen and oxygen atoms in total. The van der Waals surface area contributed by atoms with Crippen LogP contribution in [0.2, 0.25) is 0 Å². The molecule has 1 atom stereocenters. The van der Waals surface area contributed by atoms with Crippen LogP contribution in [0.1, 0.15) is 33.0 Å². The Hall–Kier alpha value is -3.67. The Balaban J connectivity index is 1.65. The first-order valence-corrected chi connectivity index (χ1v) is 10.0. The van der Waals surface area contributed by atoms with Crippen molar-refractivity contribution in [1.82, 2.24) is 4.57 Å². The second kappa shape index (κ2) is 9.22. The molecular formula is C26H19F4NO. The SMILES string of the molecule is O=C(c1ccn(Cc2c(F)cccc2F)c1)C(Cc1c(F)cccc1F)c1ccccc1. The van der Waals surface area contributed by atoms with E-state index in [4.69, 9.17) is 0 Å². The highest BCUT2D eigenvalue weighted by atomic mass is 19.1. The fraction of sp³-hybridized carbons (Fsp3) is 0.115. The molecular weight excluding hydrogens is 418 g/mol. The van der Waals surface area contributed by atoms with E-state index >= 15 is 0 Å². The number of carbonyl (C=O) groups excluding carboxylic acids is 1.